The van der Waals surface area contributed by atoms with Crippen molar-refractivity contribution in [3.05, 3.63) is 41.5 Å². The van der Waals surface area contributed by atoms with Crippen molar-refractivity contribution in [1.82, 2.24) is 0 Å². The standard InChI is InChI=1S/C18H21IO6/c1-11-5-4-8-16(25-19)14(21)7-3-2-6-12-9-13(20)10-15(22)17(12)18(23)24-11/h2,4,6,8-11,14,16,20-22H,3,5,7H2,1H3/t11-,14-,16+/m0/s1. The van der Waals surface area contributed by atoms with E-state index in [1.165, 1.54) is 6.07 Å². The number of esters is 1. The van der Waals surface area contributed by atoms with Crippen LogP contribution < -0.4 is 0 Å². The van der Waals surface area contributed by atoms with Gasteiger partial charge in [-0.1, -0.05) is 24.3 Å². The van der Waals surface area contributed by atoms with Crippen LogP contribution in [0.15, 0.2) is 30.4 Å². The van der Waals surface area contributed by atoms with Gasteiger partial charge in [0.05, 0.1) is 6.10 Å². The van der Waals surface area contributed by atoms with Crippen LogP contribution in [0.2, 0.25) is 0 Å². The Bertz CT molecular complexity index is 670. The first-order valence-electron chi connectivity index (χ1n) is 7.98. The Morgan fingerprint density at radius 3 is 2.76 bits per heavy atom. The van der Waals surface area contributed by atoms with Crippen LogP contribution in [0.5, 0.6) is 11.5 Å². The third kappa shape index (κ3) is 5.45. The maximum Gasteiger partial charge on any atom is 0.342 e. The highest BCUT2D eigenvalue weighted by molar-refractivity contribution is 14.1. The van der Waals surface area contributed by atoms with Crippen LogP contribution in [0.3, 0.4) is 0 Å². The number of ether oxygens (including phenoxy) is 1. The second kappa shape index (κ2) is 9.21. The van der Waals surface area contributed by atoms with Gasteiger partial charge in [-0.05, 0) is 31.4 Å². The van der Waals surface area contributed by atoms with Crippen LogP contribution in [0.1, 0.15) is 42.1 Å². The van der Waals surface area contributed by atoms with E-state index in [0.29, 0.717) is 24.8 Å². The third-order valence-electron chi connectivity index (χ3n) is 3.85. The predicted molar refractivity (Wildman–Crippen MR) is 102 cm³/mol. The Balaban J connectivity index is 2.36. The van der Waals surface area contributed by atoms with Crippen molar-refractivity contribution in [3.8, 4) is 11.5 Å². The molecule has 0 saturated carbocycles. The molecule has 3 N–H and O–H groups in total. The highest BCUT2D eigenvalue weighted by Gasteiger charge is 2.21. The fraction of sp³-hybridized carbons (Fsp3) is 0.389. The Hall–Kier alpha value is -1.58. The Labute approximate surface area is 160 Å². The van der Waals surface area contributed by atoms with Crippen molar-refractivity contribution in [3.63, 3.8) is 0 Å². The van der Waals surface area contributed by atoms with E-state index in [-0.39, 0.29) is 17.1 Å². The second-order valence-electron chi connectivity index (χ2n) is 5.91. The van der Waals surface area contributed by atoms with E-state index in [1.54, 1.807) is 54.2 Å². The lowest BCUT2D eigenvalue weighted by atomic mass is 10.0. The van der Waals surface area contributed by atoms with Gasteiger partial charge in [0, 0.05) is 12.5 Å². The summed E-state index contributed by atoms with van der Waals surface area (Å²) < 4.78 is 10.6. The number of halogens is 1. The number of benzene rings is 1. The first-order valence-corrected chi connectivity index (χ1v) is 8.86. The van der Waals surface area contributed by atoms with Gasteiger partial charge in [0.2, 0.25) is 0 Å². The summed E-state index contributed by atoms with van der Waals surface area (Å²) in [4.78, 5) is 12.4. The summed E-state index contributed by atoms with van der Waals surface area (Å²) in [5.41, 5.74) is 0.370. The van der Waals surface area contributed by atoms with Crippen molar-refractivity contribution < 1.29 is 27.9 Å². The number of fused-ring (bicyclic) bond motifs is 1. The summed E-state index contributed by atoms with van der Waals surface area (Å²) in [6, 6.07) is 2.49. The van der Waals surface area contributed by atoms with Crippen LogP contribution in [0, 0.1) is 0 Å². The van der Waals surface area contributed by atoms with Crippen LogP contribution in [0.25, 0.3) is 6.08 Å². The number of aliphatic hydroxyl groups is 1. The number of phenols is 2. The number of aromatic hydroxyl groups is 2. The number of carbonyl (C=O) groups is 1. The Kier molecular flexibility index (Phi) is 7.27. The van der Waals surface area contributed by atoms with E-state index >= 15 is 0 Å². The maximum absolute atomic E-state index is 12.4. The fourth-order valence-corrected chi connectivity index (χ4v) is 3.05. The topological polar surface area (TPSA) is 96.2 Å². The summed E-state index contributed by atoms with van der Waals surface area (Å²) in [7, 11) is 0. The number of aliphatic hydroxyl groups excluding tert-OH is 1. The molecular weight excluding hydrogens is 439 g/mol. The van der Waals surface area contributed by atoms with Gasteiger partial charge in [0.15, 0.2) is 0 Å². The molecule has 0 aliphatic carbocycles. The number of phenolic OH excluding ortho intramolecular Hbond substituents is 2. The van der Waals surface area contributed by atoms with E-state index in [9.17, 15) is 20.1 Å². The summed E-state index contributed by atoms with van der Waals surface area (Å²) in [6.07, 6.45) is 6.83. The summed E-state index contributed by atoms with van der Waals surface area (Å²) in [5, 5.41) is 29.9. The molecule has 1 aliphatic heterocycles. The third-order valence-corrected chi connectivity index (χ3v) is 4.43. The summed E-state index contributed by atoms with van der Waals surface area (Å²) in [5.74, 6) is -1.14. The van der Waals surface area contributed by atoms with Crippen molar-refractivity contribution in [2.24, 2.45) is 0 Å². The average molecular weight is 460 g/mol. The molecule has 0 amide bonds. The summed E-state index contributed by atoms with van der Waals surface area (Å²) in [6.45, 7) is 1.73. The summed E-state index contributed by atoms with van der Waals surface area (Å²) >= 11 is 1.75. The van der Waals surface area contributed by atoms with Crippen molar-refractivity contribution in [2.45, 2.75) is 44.5 Å². The van der Waals surface area contributed by atoms with E-state index in [1.807, 2.05) is 0 Å². The lowest BCUT2D eigenvalue weighted by Gasteiger charge is -2.18. The van der Waals surface area contributed by atoms with Gasteiger partial charge in [-0.3, -0.25) is 0 Å². The molecule has 0 unspecified atom stereocenters. The first kappa shape index (κ1) is 19.7. The van der Waals surface area contributed by atoms with E-state index < -0.39 is 24.3 Å². The highest BCUT2D eigenvalue weighted by atomic mass is 127. The quantitative estimate of drug-likeness (QED) is 0.338. The van der Waals surface area contributed by atoms with Gasteiger partial charge < -0.3 is 23.1 Å². The monoisotopic (exact) mass is 460 g/mol. The molecule has 1 aromatic rings. The molecule has 0 bridgehead atoms. The van der Waals surface area contributed by atoms with Crippen molar-refractivity contribution >= 4 is 35.1 Å². The average Bonchev–Trinajstić information content (AvgIpc) is 2.53. The van der Waals surface area contributed by atoms with Crippen molar-refractivity contribution in [1.29, 1.82) is 0 Å². The van der Waals surface area contributed by atoms with E-state index in [0.717, 1.165) is 6.07 Å². The fourth-order valence-electron chi connectivity index (χ4n) is 2.54. The number of cyclic esters (lactones) is 1. The minimum Gasteiger partial charge on any atom is -0.508 e. The molecule has 136 valence electrons. The van der Waals surface area contributed by atoms with E-state index in [4.69, 9.17) is 7.80 Å². The van der Waals surface area contributed by atoms with Gasteiger partial charge in [-0.25, -0.2) is 4.79 Å². The van der Waals surface area contributed by atoms with Gasteiger partial charge in [-0.15, -0.1) is 0 Å². The number of carbonyl (C=O) groups excluding carboxylic acids is 1. The second-order valence-corrected chi connectivity index (χ2v) is 6.42. The molecule has 0 radical (unpaired) electrons. The molecule has 1 aromatic carbocycles. The SMILES string of the molecule is C[C@H]1CC=C[C@@H](OI)[C@@H](O)CCC=Cc2cc(O)cc(O)c2C(=O)O1. The molecule has 0 saturated heterocycles. The van der Waals surface area contributed by atoms with Crippen LogP contribution in [-0.2, 0) is 7.80 Å². The number of rotatable bonds is 1. The molecule has 6 nitrogen and oxygen atoms in total. The molecule has 1 heterocycles. The lowest BCUT2D eigenvalue weighted by Crippen LogP contribution is -2.24. The zero-order valence-corrected chi connectivity index (χ0v) is 15.9. The molecular formula is C18H21IO6. The molecule has 2 rings (SSSR count). The molecule has 1 aliphatic rings. The van der Waals surface area contributed by atoms with Gasteiger partial charge in [-0.2, -0.15) is 0 Å². The Morgan fingerprint density at radius 2 is 2.04 bits per heavy atom. The minimum atomic E-state index is -0.671. The minimum absolute atomic E-state index is 0.0101. The zero-order chi connectivity index (χ0) is 18.4. The largest absolute Gasteiger partial charge is 0.508 e. The molecule has 0 fully saturated rings. The Morgan fingerprint density at radius 1 is 1.28 bits per heavy atom. The van der Waals surface area contributed by atoms with E-state index in [2.05, 4.69) is 0 Å². The molecule has 0 spiro atoms. The predicted octanol–water partition coefficient (Wildman–Crippen LogP) is 3.49. The molecule has 3 atom stereocenters. The number of hydrogen-bond donors (Lipinski definition) is 3. The molecule has 0 aromatic heterocycles. The first-order chi connectivity index (χ1) is 11.9. The van der Waals surface area contributed by atoms with Gasteiger partial charge in [0.25, 0.3) is 0 Å². The van der Waals surface area contributed by atoms with Crippen molar-refractivity contribution in [2.75, 3.05) is 0 Å². The van der Waals surface area contributed by atoms with Crippen LogP contribution in [-0.4, -0.2) is 39.6 Å². The molecule has 7 heteroatoms. The smallest absolute Gasteiger partial charge is 0.342 e. The number of hydrogen-bond acceptors (Lipinski definition) is 6. The van der Waals surface area contributed by atoms with Crippen LogP contribution in [0.4, 0.5) is 0 Å². The highest BCUT2D eigenvalue weighted by Crippen LogP contribution is 2.30. The molecule has 25 heavy (non-hydrogen) atoms. The van der Waals surface area contributed by atoms with Gasteiger partial charge >= 0.3 is 5.97 Å². The zero-order valence-electron chi connectivity index (χ0n) is 13.8. The van der Waals surface area contributed by atoms with Gasteiger partial charge in [0.1, 0.15) is 52.3 Å². The van der Waals surface area contributed by atoms with Crippen LogP contribution >= 0.6 is 23.0 Å². The normalized spacial score (nSPS) is 25.1. The maximum atomic E-state index is 12.4. The lowest BCUT2D eigenvalue weighted by molar-refractivity contribution is 0.0343. The number of allylic oxidation sites excluding steroid dienone is 1.